The Morgan fingerprint density at radius 2 is 2.00 bits per heavy atom. The Kier molecular flexibility index (Phi) is 6.44. The largest absolute Gasteiger partial charge is 0.481 e. The number of benzene rings is 1. The van der Waals surface area contributed by atoms with E-state index >= 15 is 0 Å². The van der Waals surface area contributed by atoms with Crippen molar-refractivity contribution in [1.82, 2.24) is 10.7 Å². The molecular weight excluding hydrogens is 330 g/mol. The lowest BCUT2D eigenvalue weighted by Crippen LogP contribution is -2.29. The first-order valence-corrected chi connectivity index (χ1v) is 6.75. The van der Waals surface area contributed by atoms with Gasteiger partial charge in [-0.1, -0.05) is 28.1 Å². The van der Waals surface area contributed by atoms with Crippen LogP contribution in [0.1, 0.15) is 18.4 Å². The first-order chi connectivity index (χ1) is 9.02. The fourth-order valence-corrected chi connectivity index (χ4v) is 1.62. The monoisotopic (exact) mass is 343 g/mol. The highest BCUT2D eigenvalue weighted by Crippen LogP contribution is 2.13. The van der Waals surface area contributed by atoms with Gasteiger partial charge in [0.25, 0.3) is 0 Å². The highest BCUT2D eigenvalue weighted by atomic mass is 79.9. The lowest BCUT2D eigenvalue weighted by atomic mass is 10.1. The minimum Gasteiger partial charge on any atom is -0.481 e. The van der Waals surface area contributed by atoms with Gasteiger partial charge in [0, 0.05) is 17.9 Å². The molecule has 0 aliphatic carbocycles. The minimum atomic E-state index is -0.860. The maximum absolute atomic E-state index is 10.7. The van der Waals surface area contributed by atoms with Gasteiger partial charge in [-0.05, 0) is 29.9 Å². The molecule has 0 unspecified atom stereocenters. The molecule has 0 spiro atoms. The molecule has 0 saturated carbocycles. The Morgan fingerprint density at radius 1 is 1.37 bits per heavy atom. The third-order valence-corrected chi connectivity index (χ3v) is 3.10. The summed E-state index contributed by atoms with van der Waals surface area (Å²) >= 11 is 8.28. The Labute approximate surface area is 125 Å². The zero-order chi connectivity index (χ0) is 14.3. The molecular formula is C12H14BrN3O2S. The Balaban J connectivity index is 2.87. The second kappa shape index (κ2) is 7.85. The van der Waals surface area contributed by atoms with Crippen molar-refractivity contribution in [3.8, 4) is 0 Å². The van der Waals surface area contributed by atoms with E-state index in [1.165, 1.54) is 0 Å². The van der Waals surface area contributed by atoms with Crippen LogP contribution < -0.4 is 10.7 Å². The second-order valence-corrected chi connectivity index (χ2v) is 4.97. The molecule has 1 rings (SSSR count). The van der Waals surface area contributed by atoms with Gasteiger partial charge in [-0.15, -0.1) is 0 Å². The van der Waals surface area contributed by atoms with Crippen LogP contribution in [0.5, 0.6) is 0 Å². The van der Waals surface area contributed by atoms with Crippen LogP contribution in [0.4, 0.5) is 0 Å². The third-order valence-electron chi connectivity index (χ3n) is 2.27. The van der Waals surface area contributed by atoms with Gasteiger partial charge in [-0.3, -0.25) is 10.2 Å². The average Bonchev–Trinajstić information content (AvgIpc) is 2.39. The van der Waals surface area contributed by atoms with Crippen molar-refractivity contribution in [2.24, 2.45) is 5.10 Å². The molecule has 0 heterocycles. The normalized spacial score (nSPS) is 10.9. The van der Waals surface area contributed by atoms with E-state index in [2.05, 4.69) is 31.8 Å². The number of thiocarbonyl (C=S) groups is 1. The molecule has 7 heteroatoms. The molecule has 0 aliphatic heterocycles. The SMILES string of the molecule is CNC(=S)N/N=C(/CCC(=O)O)c1ccc(Br)cc1. The van der Waals surface area contributed by atoms with E-state index in [9.17, 15) is 4.79 Å². The van der Waals surface area contributed by atoms with Gasteiger partial charge in [0.2, 0.25) is 0 Å². The third kappa shape index (κ3) is 5.80. The average molecular weight is 344 g/mol. The fourth-order valence-electron chi connectivity index (χ4n) is 1.31. The zero-order valence-corrected chi connectivity index (χ0v) is 12.7. The van der Waals surface area contributed by atoms with Crippen LogP contribution >= 0.6 is 28.1 Å². The molecule has 0 bridgehead atoms. The first kappa shape index (κ1) is 15.6. The number of hydrazone groups is 1. The summed E-state index contributed by atoms with van der Waals surface area (Å²) in [6.07, 6.45) is 0.346. The van der Waals surface area contributed by atoms with E-state index in [0.717, 1.165) is 10.0 Å². The van der Waals surface area contributed by atoms with Crippen LogP contribution in [0.25, 0.3) is 0 Å². The van der Waals surface area contributed by atoms with Gasteiger partial charge < -0.3 is 10.4 Å². The number of halogens is 1. The van der Waals surface area contributed by atoms with Crippen LogP contribution in [0.3, 0.4) is 0 Å². The smallest absolute Gasteiger partial charge is 0.303 e. The predicted molar refractivity (Wildman–Crippen MR) is 82.3 cm³/mol. The molecule has 0 aliphatic rings. The van der Waals surface area contributed by atoms with E-state index in [0.29, 0.717) is 17.2 Å². The fraction of sp³-hybridized carbons (Fsp3) is 0.250. The van der Waals surface area contributed by atoms with Gasteiger partial charge in [0.15, 0.2) is 5.11 Å². The Morgan fingerprint density at radius 3 is 2.53 bits per heavy atom. The van der Waals surface area contributed by atoms with Gasteiger partial charge in [0.05, 0.1) is 12.1 Å². The topological polar surface area (TPSA) is 73.7 Å². The van der Waals surface area contributed by atoms with E-state index in [1.54, 1.807) is 7.05 Å². The summed E-state index contributed by atoms with van der Waals surface area (Å²) < 4.78 is 0.951. The summed E-state index contributed by atoms with van der Waals surface area (Å²) in [5.41, 5.74) is 4.18. The molecule has 0 fully saturated rings. The second-order valence-electron chi connectivity index (χ2n) is 3.65. The van der Waals surface area contributed by atoms with Crippen molar-refractivity contribution in [3.05, 3.63) is 34.3 Å². The lowest BCUT2D eigenvalue weighted by Gasteiger charge is -2.07. The molecule has 19 heavy (non-hydrogen) atoms. The molecule has 102 valence electrons. The number of carbonyl (C=O) groups is 1. The number of nitrogens with zero attached hydrogens (tertiary/aromatic N) is 1. The van der Waals surface area contributed by atoms with Gasteiger partial charge in [-0.2, -0.15) is 5.10 Å². The van der Waals surface area contributed by atoms with Crippen LogP contribution in [-0.4, -0.2) is 28.9 Å². The maximum atomic E-state index is 10.7. The molecule has 0 radical (unpaired) electrons. The lowest BCUT2D eigenvalue weighted by molar-refractivity contribution is -0.136. The standard InChI is InChI=1S/C12H14BrN3O2S/c1-14-12(19)16-15-10(6-7-11(17)18)8-2-4-9(13)5-3-8/h2-5H,6-7H2,1H3,(H,17,18)(H2,14,16,19)/b15-10-. The molecule has 0 amide bonds. The van der Waals surface area contributed by atoms with Crippen molar-refractivity contribution in [1.29, 1.82) is 0 Å². The van der Waals surface area contributed by atoms with Crippen LogP contribution in [0.15, 0.2) is 33.8 Å². The van der Waals surface area contributed by atoms with Crippen molar-refractivity contribution < 1.29 is 9.90 Å². The molecule has 0 atom stereocenters. The highest BCUT2D eigenvalue weighted by molar-refractivity contribution is 9.10. The molecule has 0 saturated heterocycles. The summed E-state index contributed by atoms with van der Waals surface area (Å²) in [6.45, 7) is 0. The molecule has 0 aromatic heterocycles. The maximum Gasteiger partial charge on any atom is 0.303 e. The summed E-state index contributed by atoms with van der Waals surface area (Å²) in [7, 11) is 1.68. The molecule has 5 nitrogen and oxygen atoms in total. The highest BCUT2D eigenvalue weighted by Gasteiger charge is 2.07. The van der Waals surface area contributed by atoms with Crippen molar-refractivity contribution in [3.63, 3.8) is 0 Å². The van der Waals surface area contributed by atoms with Gasteiger partial charge >= 0.3 is 5.97 Å². The van der Waals surface area contributed by atoms with Gasteiger partial charge in [0.1, 0.15) is 0 Å². The molecule has 1 aromatic carbocycles. The summed E-state index contributed by atoms with van der Waals surface area (Å²) in [6, 6.07) is 7.49. The molecule has 1 aromatic rings. The van der Waals surface area contributed by atoms with Crippen molar-refractivity contribution >= 4 is 44.9 Å². The number of carboxylic acid groups (broad SMARTS) is 1. The van der Waals surface area contributed by atoms with Crippen molar-refractivity contribution in [2.45, 2.75) is 12.8 Å². The predicted octanol–water partition coefficient (Wildman–Crippen LogP) is 2.11. The quantitative estimate of drug-likeness (QED) is 0.433. The summed E-state index contributed by atoms with van der Waals surface area (Å²) in [5, 5.41) is 16.0. The first-order valence-electron chi connectivity index (χ1n) is 5.55. The molecule has 3 N–H and O–H groups in total. The van der Waals surface area contributed by atoms with Crippen LogP contribution in [0.2, 0.25) is 0 Å². The van der Waals surface area contributed by atoms with Gasteiger partial charge in [-0.25, -0.2) is 0 Å². The minimum absolute atomic E-state index is 0.0168. The van der Waals surface area contributed by atoms with E-state index < -0.39 is 5.97 Å². The number of nitrogens with one attached hydrogen (secondary N) is 2. The van der Waals surface area contributed by atoms with Crippen LogP contribution in [0, 0.1) is 0 Å². The van der Waals surface area contributed by atoms with E-state index in [1.807, 2.05) is 24.3 Å². The summed E-state index contributed by atoms with van der Waals surface area (Å²) in [5.74, 6) is -0.860. The van der Waals surface area contributed by atoms with Crippen LogP contribution in [-0.2, 0) is 4.79 Å². The zero-order valence-electron chi connectivity index (χ0n) is 10.3. The van der Waals surface area contributed by atoms with E-state index in [-0.39, 0.29) is 6.42 Å². The Bertz CT molecular complexity index is 488. The summed E-state index contributed by atoms with van der Waals surface area (Å²) in [4.78, 5) is 10.7. The Hall–Kier alpha value is -1.47. The number of carboxylic acids is 1. The number of aliphatic carboxylic acids is 1. The number of hydrogen-bond donors (Lipinski definition) is 3. The van der Waals surface area contributed by atoms with E-state index in [4.69, 9.17) is 17.3 Å². The number of hydrogen-bond acceptors (Lipinski definition) is 3. The number of rotatable bonds is 5. The van der Waals surface area contributed by atoms with Crippen molar-refractivity contribution in [2.75, 3.05) is 7.05 Å².